The van der Waals surface area contributed by atoms with Crippen molar-refractivity contribution in [3.63, 3.8) is 0 Å². The van der Waals surface area contributed by atoms with Gasteiger partial charge in [0.05, 0.1) is 23.0 Å². The molecule has 7 nitrogen and oxygen atoms in total. The van der Waals surface area contributed by atoms with Crippen LogP contribution in [0.2, 0.25) is 10.0 Å². The molecule has 2 aliphatic rings. The molecule has 2 aromatic carbocycles. The van der Waals surface area contributed by atoms with Crippen molar-refractivity contribution in [2.24, 2.45) is 5.92 Å². The van der Waals surface area contributed by atoms with Gasteiger partial charge in [0.15, 0.2) is 9.84 Å². The van der Waals surface area contributed by atoms with Crippen molar-refractivity contribution in [2.75, 3.05) is 5.75 Å². The van der Waals surface area contributed by atoms with Gasteiger partial charge in [0.1, 0.15) is 12.2 Å². The van der Waals surface area contributed by atoms with Gasteiger partial charge in [0.2, 0.25) is 0 Å². The number of sulfone groups is 1. The van der Waals surface area contributed by atoms with Gasteiger partial charge in [-0.25, -0.2) is 8.42 Å². The van der Waals surface area contributed by atoms with Crippen LogP contribution in [0.15, 0.2) is 48.5 Å². The van der Waals surface area contributed by atoms with E-state index in [1.165, 1.54) is 0 Å². The van der Waals surface area contributed by atoms with Crippen LogP contribution in [0.4, 0.5) is 0 Å². The van der Waals surface area contributed by atoms with Gasteiger partial charge in [-0.1, -0.05) is 53.9 Å². The number of carboxylic acid groups (broad SMARTS) is 1. The van der Waals surface area contributed by atoms with Crippen molar-refractivity contribution in [2.45, 2.75) is 75.5 Å². The number of amides is 1. The van der Waals surface area contributed by atoms with Gasteiger partial charge in [-0.3, -0.25) is 9.59 Å². The van der Waals surface area contributed by atoms with Gasteiger partial charge in [0, 0.05) is 16.1 Å². The van der Waals surface area contributed by atoms with Crippen LogP contribution in [0.3, 0.4) is 0 Å². The molecule has 1 saturated carbocycles. The highest BCUT2D eigenvalue weighted by Crippen LogP contribution is 2.47. The zero-order chi connectivity index (χ0) is 27.8. The van der Waals surface area contributed by atoms with Gasteiger partial charge in [0.25, 0.3) is 5.91 Å². The van der Waals surface area contributed by atoms with Crippen LogP contribution in [-0.4, -0.2) is 52.9 Å². The van der Waals surface area contributed by atoms with Crippen LogP contribution in [-0.2, 0) is 24.2 Å². The number of carboxylic acids is 1. The molecule has 1 saturated heterocycles. The fourth-order valence-electron chi connectivity index (χ4n) is 5.11. The fourth-order valence-corrected chi connectivity index (χ4v) is 6.81. The van der Waals surface area contributed by atoms with Crippen LogP contribution < -0.4 is 0 Å². The summed E-state index contributed by atoms with van der Waals surface area (Å²) in [5.41, 5.74) is 1.37. The van der Waals surface area contributed by atoms with Crippen molar-refractivity contribution in [1.29, 1.82) is 0 Å². The zero-order valence-corrected chi connectivity index (χ0v) is 24.0. The fraction of sp³-hybridized carbons (Fsp3) is 0.500. The summed E-state index contributed by atoms with van der Waals surface area (Å²) in [5, 5.41) is 10.6. The SMILES string of the molecule is CC(C)(C)S(=O)(=O)C[C@@H](C1CCC1)N1C(=O)[C@@H](CC(=O)O)O[C@H](c2cccc(Cl)c2)[C@H]1c1ccc(Cl)cc1. The molecule has 2 fully saturated rings. The summed E-state index contributed by atoms with van der Waals surface area (Å²) in [6.07, 6.45) is -0.0846. The average molecular weight is 583 g/mol. The first-order valence-electron chi connectivity index (χ1n) is 12.7. The first-order chi connectivity index (χ1) is 17.8. The van der Waals surface area contributed by atoms with Crippen molar-refractivity contribution in [3.8, 4) is 0 Å². The molecule has 0 unspecified atom stereocenters. The molecule has 206 valence electrons. The zero-order valence-electron chi connectivity index (χ0n) is 21.6. The highest BCUT2D eigenvalue weighted by molar-refractivity contribution is 7.92. The minimum Gasteiger partial charge on any atom is -0.481 e. The number of rotatable bonds is 8. The van der Waals surface area contributed by atoms with E-state index >= 15 is 0 Å². The van der Waals surface area contributed by atoms with Crippen molar-refractivity contribution in [1.82, 2.24) is 4.90 Å². The number of morpholine rings is 1. The highest BCUT2D eigenvalue weighted by atomic mass is 35.5. The third kappa shape index (κ3) is 6.03. The Morgan fingerprint density at radius 1 is 1.08 bits per heavy atom. The van der Waals surface area contributed by atoms with E-state index in [0.717, 1.165) is 19.3 Å². The number of carbonyl (C=O) groups excluding carboxylic acids is 1. The molecule has 1 aliphatic heterocycles. The second-order valence-electron chi connectivity index (χ2n) is 11.1. The van der Waals surface area contributed by atoms with Crippen LogP contribution in [0, 0.1) is 5.92 Å². The lowest BCUT2D eigenvalue weighted by Gasteiger charge is -2.51. The molecule has 4 rings (SSSR count). The minimum atomic E-state index is -3.63. The van der Waals surface area contributed by atoms with Crippen LogP contribution in [0.5, 0.6) is 0 Å². The molecule has 0 spiro atoms. The standard InChI is InChI=1S/C28H33Cl2NO6S/c1-28(2,3)38(35,36)16-22(17-6-4-7-17)31-25(18-10-12-20(29)13-11-18)26(19-8-5-9-21(30)14-19)37-23(27(31)34)15-24(32)33/h5,8-14,17,22-23,25-26H,4,6-7,15-16H2,1-3H3,(H,32,33)/t22-,23+,25+,26+/m0/s1. The van der Waals surface area contributed by atoms with E-state index in [0.29, 0.717) is 21.2 Å². The first-order valence-corrected chi connectivity index (χ1v) is 15.1. The topological polar surface area (TPSA) is 101 Å². The summed E-state index contributed by atoms with van der Waals surface area (Å²) < 4.78 is 32.2. The van der Waals surface area contributed by atoms with Gasteiger partial charge in [-0.05, 0) is 74.9 Å². The highest BCUT2D eigenvalue weighted by Gasteiger charge is 2.51. The molecule has 10 heteroatoms. The number of aliphatic carboxylic acids is 1. The Kier molecular flexibility index (Phi) is 8.48. The summed E-state index contributed by atoms with van der Waals surface area (Å²) in [4.78, 5) is 27.4. The third-order valence-corrected chi connectivity index (χ3v) is 10.7. The second kappa shape index (κ2) is 11.2. The van der Waals surface area contributed by atoms with E-state index in [-0.39, 0.29) is 11.7 Å². The Labute approximate surface area is 234 Å². The molecule has 2 aromatic rings. The maximum Gasteiger partial charge on any atom is 0.306 e. The molecular formula is C28H33Cl2NO6S. The van der Waals surface area contributed by atoms with Gasteiger partial charge >= 0.3 is 5.97 Å². The van der Waals surface area contributed by atoms with E-state index in [9.17, 15) is 23.1 Å². The van der Waals surface area contributed by atoms with E-state index in [4.69, 9.17) is 27.9 Å². The molecule has 1 aliphatic carbocycles. The third-order valence-electron chi connectivity index (χ3n) is 7.55. The van der Waals surface area contributed by atoms with Gasteiger partial charge in [-0.2, -0.15) is 0 Å². The number of hydrogen-bond acceptors (Lipinski definition) is 5. The molecule has 0 bridgehead atoms. The predicted octanol–water partition coefficient (Wildman–Crippen LogP) is 5.86. The summed E-state index contributed by atoms with van der Waals surface area (Å²) in [7, 11) is -3.63. The Balaban J connectivity index is 1.91. The normalized spacial score (nSPS) is 23.7. The van der Waals surface area contributed by atoms with Crippen LogP contribution in [0.1, 0.15) is 69.7 Å². The second-order valence-corrected chi connectivity index (χ2v) is 14.8. The average Bonchev–Trinajstić information content (AvgIpc) is 2.78. The van der Waals surface area contributed by atoms with Crippen molar-refractivity contribution < 1.29 is 27.9 Å². The van der Waals surface area contributed by atoms with E-state index < -0.39 is 57.2 Å². The van der Waals surface area contributed by atoms with Gasteiger partial charge < -0.3 is 14.7 Å². The van der Waals surface area contributed by atoms with Crippen LogP contribution in [0.25, 0.3) is 0 Å². The number of nitrogens with zero attached hydrogens (tertiary/aromatic N) is 1. The Bertz CT molecular complexity index is 1290. The molecular weight excluding hydrogens is 549 g/mol. The summed E-state index contributed by atoms with van der Waals surface area (Å²) in [5.74, 6) is -1.96. The predicted molar refractivity (Wildman–Crippen MR) is 147 cm³/mol. The lowest BCUT2D eigenvalue weighted by molar-refractivity contribution is -0.185. The number of halogens is 2. The number of hydrogen-bond donors (Lipinski definition) is 1. The number of ether oxygens (including phenoxy) is 1. The molecule has 0 aromatic heterocycles. The lowest BCUT2D eigenvalue weighted by atomic mass is 9.78. The summed E-state index contributed by atoms with van der Waals surface area (Å²) >= 11 is 12.5. The Hall–Kier alpha value is -2.13. The monoisotopic (exact) mass is 581 g/mol. The quantitative estimate of drug-likeness (QED) is 0.419. The summed E-state index contributed by atoms with van der Waals surface area (Å²) in [6.45, 7) is 4.96. The number of benzene rings is 2. The maximum atomic E-state index is 14.1. The van der Waals surface area contributed by atoms with Crippen molar-refractivity contribution in [3.05, 3.63) is 69.7 Å². The molecule has 1 heterocycles. The Morgan fingerprint density at radius 3 is 2.26 bits per heavy atom. The minimum absolute atomic E-state index is 0.0329. The maximum absolute atomic E-state index is 14.1. The summed E-state index contributed by atoms with van der Waals surface area (Å²) in [6, 6.07) is 12.7. The lowest BCUT2D eigenvalue weighted by Crippen LogP contribution is -2.60. The number of carbonyl (C=O) groups is 2. The first kappa shape index (κ1) is 28.9. The van der Waals surface area contributed by atoms with E-state index in [1.807, 2.05) is 6.07 Å². The Morgan fingerprint density at radius 2 is 1.74 bits per heavy atom. The van der Waals surface area contributed by atoms with E-state index in [1.54, 1.807) is 68.1 Å². The van der Waals surface area contributed by atoms with Crippen molar-refractivity contribution >= 4 is 44.9 Å². The smallest absolute Gasteiger partial charge is 0.306 e. The molecule has 0 radical (unpaired) electrons. The molecule has 38 heavy (non-hydrogen) atoms. The molecule has 1 amide bonds. The van der Waals surface area contributed by atoms with Gasteiger partial charge in [-0.15, -0.1) is 0 Å². The van der Waals surface area contributed by atoms with Crippen LogP contribution >= 0.6 is 23.2 Å². The molecule has 4 atom stereocenters. The van der Waals surface area contributed by atoms with E-state index in [2.05, 4.69) is 0 Å². The molecule has 1 N–H and O–H groups in total. The largest absolute Gasteiger partial charge is 0.481 e.